The van der Waals surface area contributed by atoms with Gasteiger partial charge in [-0.3, -0.25) is 9.69 Å². The van der Waals surface area contributed by atoms with Crippen LogP contribution in [0.25, 0.3) is 0 Å². The number of carbonyl (C=O) groups excluding carboxylic acids is 1. The Morgan fingerprint density at radius 1 is 1.25 bits per heavy atom. The zero-order chi connectivity index (χ0) is 14.5. The molecule has 0 bridgehead atoms. The second kappa shape index (κ2) is 6.41. The summed E-state index contributed by atoms with van der Waals surface area (Å²) in [5, 5.41) is 12.0. The van der Waals surface area contributed by atoms with Gasteiger partial charge in [0, 0.05) is 18.8 Å². The fourth-order valence-corrected chi connectivity index (χ4v) is 2.59. The molecule has 2 rings (SSSR count). The van der Waals surface area contributed by atoms with E-state index in [-0.39, 0.29) is 18.0 Å². The minimum atomic E-state index is -0.764. The molecule has 1 fully saturated rings. The van der Waals surface area contributed by atoms with E-state index in [9.17, 15) is 9.59 Å². The first-order valence-corrected chi connectivity index (χ1v) is 6.90. The molecule has 1 aromatic carbocycles. The standard InChI is InChI=1S/C15H20N2O3/c1-17(13-8-3-2-4-9-13)15(20)16-12-7-5-6-11(10-12)14(18)19/h2-4,8-9,11-12H,5-7,10H2,1H3,(H,16,20)(H,18,19). The van der Waals surface area contributed by atoms with Crippen molar-refractivity contribution in [3.05, 3.63) is 30.3 Å². The summed E-state index contributed by atoms with van der Waals surface area (Å²) in [4.78, 5) is 24.7. The molecule has 0 heterocycles. The molecular weight excluding hydrogens is 256 g/mol. The maximum absolute atomic E-state index is 12.2. The molecule has 2 atom stereocenters. The Morgan fingerprint density at radius 3 is 2.60 bits per heavy atom. The number of para-hydroxylation sites is 1. The maximum Gasteiger partial charge on any atom is 0.321 e. The van der Waals surface area contributed by atoms with Gasteiger partial charge in [0.15, 0.2) is 0 Å². The van der Waals surface area contributed by atoms with Crippen LogP contribution in [0.1, 0.15) is 25.7 Å². The summed E-state index contributed by atoms with van der Waals surface area (Å²) in [7, 11) is 1.71. The van der Waals surface area contributed by atoms with Crippen LogP contribution in [0.3, 0.4) is 0 Å². The van der Waals surface area contributed by atoms with Gasteiger partial charge in [0.25, 0.3) is 0 Å². The number of benzene rings is 1. The Balaban J connectivity index is 1.92. The SMILES string of the molecule is CN(C(=O)NC1CCCC(C(=O)O)C1)c1ccccc1. The van der Waals surface area contributed by atoms with Crippen molar-refractivity contribution >= 4 is 17.7 Å². The van der Waals surface area contributed by atoms with Crippen LogP contribution in [0.4, 0.5) is 10.5 Å². The predicted molar refractivity (Wildman–Crippen MR) is 76.8 cm³/mol. The third-order valence-electron chi connectivity index (χ3n) is 3.80. The van der Waals surface area contributed by atoms with Crippen LogP contribution in [0, 0.1) is 5.92 Å². The van der Waals surface area contributed by atoms with E-state index in [0.29, 0.717) is 12.8 Å². The highest BCUT2D eigenvalue weighted by molar-refractivity contribution is 5.91. The summed E-state index contributed by atoms with van der Waals surface area (Å²) in [5.41, 5.74) is 0.815. The van der Waals surface area contributed by atoms with Gasteiger partial charge in [-0.05, 0) is 31.4 Å². The minimum Gasteiger partial charge on any atom is -0.481 e. The largest absolute Gasteiger partial charge is 0.481 e. The first-order valence-electron chi connectivity index (χ1n) is 6.90. The lowest BCUT2D eigenvalue weighted by molar-refractivity contribution is -0.143. The third kappa shape index (κ3) is 3.50. The normalized spacial score (nSPS) is 22.1. The van der Waals surface area contributed by atoms with Crippen molar-refractivity contribution in [3.63, 3.8) is 0 Å². The molecule has 1 aromatic rings. The molecule has 5 heteroatoms. The molecule has 0 saturated heterocycles. The molecule has 1 saturated carbocycles. The van der Waals surface area contributed by atoms with Gasteiger partial charge >= 0.3 is 12.0 Å². The summed E-state index contributed by atoms with van der Waals surface area (Å²) in [6.07, 6.45) is 2.91. The number of hydrogen-bond donors (Lipinski definition) is 2. The molecule has 0 spiro atoms. The number of anilines is 1. The summed E-state index contributed by atoms with van der Waals surface area (Å²) >= 11 is 0. The lowest BCUT2D eigenvalue weighted by Crippen LogP contribution is -2.45. The highest BCUT2D eigenvalue weighted by atomic mass is 16.4. The van der Waals surface area contributed by atoms with Gasteiger partial charge in [-0.2, -0.15) is 0 Å². The minimum absolute atomic E-state index is 0.0523. The highest BCUT2D eigenvalue weighted by Crippen LogP contribution is 2.24. The van der Waals surface area contributed by atoms with Gasteiger partial charge in [0.1, 0.15) is 0 Å². The van der Waals surface area contributed by atoms with E-state index in [1.165, 1.54) is 0 Å². The van der Waals surface area contributed by atoms with Gasteiger partial charge in [-0.25, -0.2) is 4.79 Å². The molecular formula is C15H20N2O3. The summed E-state index contributed by atoms with van der Waals surface area (Å²) in [5.74, 6) is -1.10. The molecule has 1 aliphatic rings. The van der Waals surface area contributed by atoms with Crippen molar-refractivity contribution < 1.29 is 14.7 Å². The molecule has 1 aliphatic carbocycles. The number of hydrogen-bond acceptors (Lipinski definition) is 2. The number of nitrogens with zero attached hydrogens (tertiary/aromatic N) is 1. The van der Waals surface area contributed by atoms with Crippen LogP contribution in [-0.4, -0.2) is 30.2 Å². The second-order valence-electron chi connectivity index (χ2n) is 5.24. The summed E-state index contributed by atoms with van der Waals surface area (Å²) in [6.45, 7) is 0. The fourth-order valence-electron chi connectivity index (χ4n) is 2.59. The van der Waals surface area contributed by atoms with Crippen molar-refractivity contribution in [3.8, 4) is 0 Å². The monoisotopic (exact) mass is 276 g/mol. The Morgan fingerprint density at radius 2 is 1.95 bits per heavy atom. The van der Waals surface area contributed by atoms with E-state index in [1.54, 1.807) is 11.9 Å². The van der Waals surface area contributed by atoms with Crippen LogP contribution < -0.4 is 10.2 Å². The van der Waals surface area contributed by atoms with Gasteiger partial charge in [-0.15, -0.1) is 0 Å². The number of aliphatic carboxylic acids is 1. The van der Waals surface area contributed by atoms with Gasteiger partial charge < -0.3 is 10.4 Å². The Hall–Kier alpha value is -2.04. The van der Waals surface area contributed by atoms with Crippen molar-refractivity contribution in [2.45, 2.75) is 31.7 Å². The van der Waals surface area contributed by atoms with Crippen molar-refractivity contribution in [2.24, 2.45) is 5.92 Å². The molecule has 108 valence electrons. The first-order chi connectivity index (χ1) is 9.58. The van der Waals surface area contributed by atoms with Crippen molar-refractivity contribution in [1.82, 2.24) is 5.32 Å². The Kier molecular flexibility index (Phi) is 4.61. The van der Waals surface area contributed by atoms with E-state index in [4.69, 9.17) is 5.11 Å². The van der Waals surface area contributed by atoms with Gasteiger partial charge in [0.05, 0.1) is 5.92 Å². The van der Waals surface area contributed by atoms with Gasteiger partial charge in [-0.1, -0.05) is 24.6 Å². The van der Waals surface area contributed by atoms with E-state index in [2.05, 4.69) is 5.32 Å². The number of carboxylic acid groups (broad SMARTS) is 1. The van der Waals surface area contributed by atoms with Crippen molar-refractivity contribution in [1.29, 1.82) is 0 Å². The topological polar surface area (TPSA) is 69.6 Å². The maximum atomic E-state index is 12.2. The Bertz CT molecular complexity index is 475. The molecule has 0 aliphatic heterocycles. The predicted octanol–water partition coefficient (Wildman–Crippen LogP) is 2.48. The lowest BCUT2D eigenvalue weighted by Gasteiger charge is -2.29. The zero-order valence-electron chi connectivity index (χ0n) is 11.6. The number of amides is 2. The molecule has 0 radical (unpaired) electrons. The van der Waals surface area contributed by atoms with Crippen LogP contribution in [0.5, 0.6) is 0 Å². The lowest BCUT2D eigenvalue weighted by atomic mass is 9.86. The highest BCUT2D eigenvalue weighted by Gasteiger charge is 2.28. The van der Waals surface area contributed by atoms with E-state index >= 15 is 0 Å². The van der Waals surface area contributed by atoms with Crippen LogP contribution in [0.2, 0.25) is 0 Å². The Labute approximate surface area is 118 Å². The summed E-state index contributed by atoms with van der Waals surface area (Å²) in [6, 6.07) is 9.13. The number of nitrogens with one attached hydrogen (secondary N) is 1. The molecule has 2 unspecified atom stereocenters. The number of urea groups is 1. The van der Waals surface area contributed by atoms with Crippen LogP contribution in [-0.2, 0) is 4.79 Å². The molecule has 2 amide bonds. The second-order valence-corrected chi connectivity index (χ2v) is 5.24. The third-order valence-corrected chi connectivity index (χ3v) is 3.80. The molecule has 0 aromatic heterocycles. The number of carbonyl (C=O) groups is 2. The van der Waals surface area contributed by atoms with Crippen LogP contribution >= 0.6 is 0 Å². The van der Waals surface area contributed by atoms with Crippen molar-refractivity contribution in [2.75, 3.05) is 11.9 Å². The smallest absolute Gasteiger partial charge is 0.321 e. The average Bonchev–Trinajstić information content (AvgIpc) is 2.47. The van der Waals surface area contributed by atoms with Gasteiger partial charge in [0.2, 0.25) is 0 Å². The zero-order valence-corrected chi connectivity index (χ0v) is 11.6. The molecule has 2 N–H and O–H groups in total. The summed E-state index contributed by atoms with van der Waals surface area (Å²) < 4.78 is 0. The number of carboxylic acids is 1. The fraction of sp³-hybridized carbons (Fsp3) is 0.467. The van der Waals surface area contributed by atoms with E-state index < -0.39 is 5.97 Å². The number of rotatable bonds is 3. The van der Waals surface area contributed by atoms with E-state index in [0.717, 1.165) is 18.5 Å². The van der Waals surface area contributed by atoms with Crippen LogP contribution in [0.15, 0.2) is 30.3 Å². The molecule has 20 heavy (non-hydrogen) atoms. The quantitative estimate of drug-likeness (QED) is 0.891. The molecule has 5 nitrogen and oxygen atoms in total. The average molecular weight is 276 g/mol. The van der Waals surface area contributed by atoms with E-state index in [1.807, 2.05) is 30.3 Å². The first kappa shape index (κ1) is 14.4.